The summed E-state index contributed by atoms with van der Waals surface area (Å²) in [5.74, 6) is -1.35. The molecule has 0 amide bonds. The van der Waals surface area contributed by atoms with Crippen LogP contribution in [-0.2, 0) is 59.1 Å². The van der Waals surface area contributed by atoms with E-state index in [0.29, 0.717) is 11.8 Å². The van der Waals surface area contributed by atoms with Crippen LogP contribution in [0.4, 0.5) is 28.4 Å². The number of nitrogens with zero attached hydrogens (tertiary/aromatic N) is 6. The van der Waals surface area contributed by atoms with E-state index >= 15 is 0 Å². The van der Waals surface area contributed by atoms with Crippen LogP contribution in [0.5, 0.6) is 5.75 Å². The molecule has 0 saturated carbocycles. The summed E-state index contributed by atoms with van der Waals surface area (Å²) in [4.78, 5) is 12.3. The first-order valence-corrected chi connectivity index (χ1v) is 22.1. The molecule has 0 fully saturated rings. The van der Waals surface area contributed by atoms with Crippen molar-refractivity contribution in [2.75, 3.05) is 25.1 Å². The molecule has 4 aromatic carbocycles. The van der Waals surface area contributed by atoms with Crippen LogP contribution in [0.25, 0.3) is 10.8 Å². The lowest BCUT2D eigenvalue weighted by Gasteiger charge is -2.14. The Morgan fingerprint density at radius 1 is 0.845 bits per heavy atom. The van der Waals surface area contributed by atoms with E-state index < -0.39 is 84.5 Å². The first-order chi connectivity index (χ1) is 27.1. The van der Waals surface area contributed by atoms with E-state index in [2.05, 4.69) is 49.6 Å². The number of anilines is 1. The minimum Gasteiger partial charge on any atom is -0.505 e. The van der Waals surface area contributed by atoms with Crippen LogP contribution < -0.4 is 5.73 Å². The third-order valence-corrected chi connectivity index (χ3v) is 11.9. The third kappa shape index (κ3) is 12.0. The molecule has 0 bridgehead atoms. The summed E-state index contributed by atoms with van der Waals surface area (Å²) in [5.41, 5.74) is 3.76. The Morgan fingerprint density at radius 3 is 2.10 bits per heavy atom. The minimum absolute atomic E-state index is 0.00907. The number of aromatic hydroxyl groups is 1. The van der Waals surface area contributed by atoms with Gasteiger partial charge in [0.2, 0.25) is 0 Å². The van der Waals surface area contributed by atoms with Crippen molar-refractivity contribution in [2.24, 2.45) is 25.7 Å². The fraction of sp³-hybridized carbons (Fsp3) is 0.111. The molecule has 0 heterocycles. The van der Waals surface area contributed by atoms with Gasteiger partial charge in [0.1, 0.15) is 26.9 Å². The number of rotatable bonds is 17. The topological polar surface area (TPSA) is 383 Å². The van der Waals surface area contributed by atoms with E-state index in [1.807, 2.05) is 0 Å². The number of phenols is 1. The van der Waals surface area contributed by atoms with Gasteiger partial charge in [-0.25, -0.2) is 13.7 Å². The molecule has 25 nitrogen and oxygen atoms in total. The zero-order chi connectivity index (χ0) is 43.1. The largest absolute Gasteiger partial charge is 0.505 e. The molecule has 0 spiro atoms. The van der Waals surface area contributed by atoms with Gasteiger partial charge in [0.15, 0.2) is 21.7 Å². The number of nitrogen functional groups attached to an aromatic ring is 1. The van der Waals surface area contributed by atoms with Crippen LogP contribution in [0.3, 0.4) is 0 Å². The summed E-state index contributed by atoms with van der Waals surface area (Å²) in [7, 11) is -17.8. The molecule has 0 aliphatic carbocycles. The molecule has 7 N–H and O–H groups in total. The summed E-state index contributed by atoms with van der Waals surface area (Å²) in [6, 6.07) is 9.66. The number of benzene rings is 4. The summed E-state index contributed by atoms with van der Waals surface area (Å²) in [6.07, 6.45) is 1.73. The summed E-state index contributed by atoms with van der Waals surface area (Å²) < 4.78 is 132. The van der Waals surface area contributed by atoms with Crippen LogP contribution >= 0.6 is 23.8 Å². The Balaban J connectivity index is 1.81. The Labute approximate surface area is 335 Å². The lowest BCUT2D eigenvalue weighted by molar-refractivity contribution is -0.432. The molecule has 0 aliphatic heterocycles. The Bertz CT molecular complexity index is 2810. The molecule has 0 radical (unpaired) electrons. The van der Waals surface area contributed by atoms with Gasteiger partial charge < -0.3 is 10.8 Å². The van der Waals surface area contributed by atoms with Gasteiger partial charge in [-0.3, -0.25) is 23.6 Å². The fourth-order valence-electron chi connectivity index (χ4n) is 4.37. The van der Waals surface area contributed by atoms with E-state index in [0.717, 1.165) is 41.4 Å². The van der Waals surface area contributed by atoms with Crippen molar-refractivity contribution in [2.45, 2.75) is 24.5 Å². The van der Waals surface area contributed by atoms with Gasteiger partial charge in [-0.15, -0.1) is 24.6 Å². The Hall–Kier alpha value is -5.08. The van der Waals surface area contributed by atoms with Crippen molar-refractivity contribution in [1.82, 2.24) is 5.01 Å². The molecular weight excluding hydrogens is 903 g/mol. The highest BCUT2D eigenvalue weighted by Crippen LogP contribution is 2.50. The standard InChI is InChI=1S/C27H23N7O18S6/c1-34(33-36)8-11-55(38,39)18-5-2-16(3-6-18)29-32-26-22(57(43,44)45)13-15-12-20(54-51-50-37)25(27(35)23(15)24(26)28)31-30-19-7-4-17(14-21(19)56(40,41)42)53-10-9-49-52-58(46,47)48/h2-7,12-14,35,37H,8,11,28H2,1H3,(H,40,41,42)(H,43,44,45)(H,46,47,48). The minimum atomic E-state index is -5.14. The maximum Gasteiger partial charge on any atom is 0.433 e. The number of sulfone groups is 1. The van der Waals surface area contributed by atoms with Gasteiger partial charge in [0.05, 0.1) is 56.2 Å². The van der Waals surface area contributed by atoms with Crippen LogP contribution in [0.1, 0.15) is 0 Å². The number of nitroso groups, excluding NO2 is 1. The lowest BCUT2D eigenvalue weighted by Crippen LogP contribution is -2.20. The van der Waals surface area contributed by atoms with Crippen molar-refractivity contribution in [3.05, 3.63) is 59.5 Å². The number of fused-ring (bicyclic) bond motifs is 1. The van der Waals surface area contributed by atoms with E-state index in [4.69, 9.17) is 15.5 Å². The Kier molecular flexibility index (Phi) is 14.7. The molecule has 310 valence electrons. The van der Waals surface area contributed by atoms with E-state index in [-0.39, 0.29) is 49.7 Å². The summed E-state index contributed by atoms with van der Waals surface area (Å²) >= 11 is 0.708. The zero-order valence-electron chi connectivity index (χ0n) is 28.4. The predicted octanol–water partition coefficient (Wildman–Crippen LogP) is 5.03. The van der Waals surface area contributed by atoms with Crippen LogP contribution in [0, 0.1) is 16.3 Å². The number of hydrogen-bond acceptors (Lipinski definition) is 23. The van der Waals surface area contributed by atoms with Crippen molar-refractivity contribution in [3.63, 3.8) is 0 Å². The van der Waals surface area contributed by atoms with Crippen molar-refractivity contribution < 1.29 is 76.3 Å². The quantitative estimate of drug-likeness (QED) is 0.00930. The molecule has 0 unspecified atom stereocenters. The number of nitrogens with two attached hydrogens (primary N) is 1. The van der Waals surface area contributed by atoms with Gasteiger partial charge in [0, 0.05) is 17.2 Å². The van der Waals surface area contributed by atoms with Crippen LogP contribution in [-0.4, -0.2) is 82.0 Å². The highest BCUT2D eigenvalue weighted by atomic mass is 32.3. The molecule has 58 heavy (non-hydrogen) atoms. The maximum absolute atomic E-state index is 12.6. The van der Waals surface area contributed by atoms with Crippen LogP contribution in [0.15, 0.2) is 105 Å². The highest BCUT2D eigenvalue weighted by molar-refractivity contribution is 8.04. The van der Waals surface area contributed by atoms with Gasteiger partial charge in [0.25, 0.3) is 20.2 Å². The lowest BCUT2D eigenvalue weighted by atomic mass is 10.1. The monoisotopic (exact) mass is 925 g/mol. The normalized spacial score (nSPS) is 12.5. The summed E-state index contributed by atoms with van der Waals surface area (Å²) in [5, 5.41) is 44.1. The average molecular weight is 926 g/mol. The second-order valence-electron chi connectivity index (χ2n) is 10.7. The first-order valence-electron chi connectivity index (χ1n) is 14.6. The van der Waals surface area contributed by atoms with Crippen LogP contribution in [0.2, 0.25) is 0 Å². The molecule has 0 aliphatic rings. The number of hydrogen-bond donors (Lipinski definition) is 6. The fourth-order valence-corrected chi connectivity index (χ4v) is 8.18. The SMILES string of the molecule is CN(CCS(=O)(=O)c1ccc(N=Nc2c(S(=O)(=O)O)cc3cc(SOOO)c(N=Nc4ccc(SC#COOS(=O)(=O)O)cc4S(=O)(=O)O)c(O)c3c2N)cc1)N=O. The second kappa shape index (κ2) is 18.7. The summed E-state index contributed by atoms with van der Waals surface area (Å²) in [6.45, 7) is -0.194. The molecule has 0 saturated heterocycles. The second-order valence-corrected chi connectivity index (χ2v) is 18.2. The molecule has 31 heteroatoms. The maximum atomic E-state index is 12.6. The molecule has 4 rings (SSSR count). The van der Waals surface area contributed by atoms with E-state index in [1.165, 1.54) is 25.2 Å². The molecule has 0 aromatic heterocycles. The van der Waals surface area contributed by atoms with Gasteiger partial charge in [-0.05, 0) is 76.1 Å². The molecule has 0 atom stereocenters. The van der Waals surface area contributed by atoms with Crippen molar-refractivity contribution >= 4 is 103 Å². The van der Waals surface area contributed by atoms with E-state index in [1.54, 1.807) is 6.11 Å². The number of thioether (sulfide) groups is 1. The smallest absolute Gasteiger partial charge is 0.433 e. The van der Waals surface area contributed by atoms with E-state index in [9.17, 15) is 52.8 Å². The zero-order valence-corrected chi connectivity index (χ0v) is 33.3. The Morgan fingerprint density at radius 2 is 1.50 bits per heavy atom. The van der Waals surface area contributed by atoms with Gasteiger partial charge in [-0.2, -0.15) is 30.4 Å². The van der Waals surface area contributed by atoms with Crippen molar-refractivity contribution in [1.29, 1.82) is 0 Å². The first kappa shape index (κ1) is 45.6. The number of phenolic OH excluding ortho intramolecular Hbond substituents is 1. The van der Waals surface area contributed by atoms with Gasteiger partial charge in [-0.1, -0.05) is 5.04 Å². The molecule has 4 aromatic rings. The van der Waals surface area contributed by atoms with Crippen molar-refractivity contribution in [3.8, 4) is 17.1 Å². The highest BCUT2D eigenvalue weighted by Gasteiger charge is 2.26. The predicted molar refractivity (Wildman–Crippen MR) is 199 cm³/mol. The average Bonchev–Trinajstić information content (AvgIpc) is 3.14. The third-order valence-electron chi connectivity index (χ3n) is 6.87. The molecular formula is C27H23N7O18S6. The number of azo groups is 2. The van der Waals surface area contributed by atoms with Gasteiger partial charge >= 0.3 is 10.4 Å².